The van der Waals surface area contributed by atoms with E-state index in [-0.39, 0.29) is 19.2 Å². The number of fused-ring (bicyclic) bond motifs is 1. The summed E-state index contributed by atoms with van der Waals surface area (Å²) in [6.07, 6.45) is 5.80. The predicted molar refractivity (Wildman–Crippen MR) is 88.1 cm³/mol. The van der Waals surface area contributed by atoms with Crippen LogP contribution in [0, 0.1) is 0 Å². The lowest BCUT2D eigenvalue weighted by Gasteiger charge is -2.14. The van der Waals surface area contributed by atoms with Gasteiger partial charge in [0.05, 0.1) is 16.8 Å². The van der Waals surface area contributed by atoms with E-state index in [0.717, 1.165) is 4.90 Å². The van der Waals surface area contributed by atoms with Crippen LogP contribution < -0.4 is 0 Å². The van der Waals surface area contributed by atoms with Gasteiger partial charge in [0, 0.05) is 0 Å². The zero-order valence-electron chi connectivity index (χ0n) is 11.9. The van der Waals surface area contributed by atoms with Gasteiger partial charge in [0.2, 0.25) is 0 Å². The summed E-state index contributed by atoms with van der Waals surface area (Å²) in [7, 11) is 0. The molecule has 0 fully saturated rings. The smallest absolute Gasteiger partial charge is 0.266 e. The van der Waals surface area contributed by atoms with E-state index in [4.69, 9.17) is 0 Å². The van der Waals surface area contributed by atoms with Crippen molar-refractivity contribution in [1.82, 2.24) is 4.90 Å². The fourth-order valence-corrected chi connectivity index (χ4v) is 1.78. The second-order valence-corrected chi connectivity index (χ2v) is 4.23. The minimum absolute atomic E-state index is 0. The highest BCUT2D eigenvalue weighted by molar-refractivity contribution is 6.22. The Morgan fingerprint density at radius 2 is 1.52 bits per heavy atom. The van der Waals surface area contributed by atoms with Crippen LogP contribution in [0.15, 0.2) is 61.3 Å². The van der Waals surface area contributed by atoms with E-state index in [2.05, 4.69) is 27.0 Å². The van der Waals surface area contributed by atoms with Crippen molar-refractivity contribution >= 4 is 11.8 Å². The molecule has 0 saturated carbocycles. The highest BCUT2D eigenvalue weighted by atomic mass is 16.2. The van der Waals surface area contributed by atoms with Crippen LogP contribution in [0.4, 0.5) is 0 Å². The molecule has 3 nitrogen and oxygen atoms in total. The third-order valence-electron chi connectivity index (χ3n) is 2.55. The topological polar surface area (TPSA) is 37.4 Å². The van der Waals surface area contributed by atoms with E-state index in [1.165, 1.54) is 18.6 Å². The number of hydrogen-bond acceptors (Lipinski definition) is 2. The summed E-state index contributed by atoms with van der Waals surface area (Å²) in [5.41, 5.74) is 1.29. The first-order valence-corrected chi connectivity index (χ1v) is 6.55. The molecule has 0 aliphatic carbocycles. The Balaban J connectivity index is 0.000000922. The molecule has 112 valence electrons. The van der Waals surface area contributed by atoms with E-state index >= 15 is 0 Å². The number of hydrogen-bond donors (Lipinski definition) is 0. The fraction of sp³-hybridized carbons (Fsp3) is 0.222. The molecular weight excluding hydrogens is 262 g/mol. The normalized spacial score (nSPS) is 12.9. The molecule has 3 heteroatoms. The van der Waals surface area contributed by atoms with Gasteiger partial charge in [0.15, 0.2) is 0 Å². The van der Waals surface area contributed by atoms with Crippen LogP contribution in [-0.2, 0) is 0 Å². The number of rotatable bonds is 3. The molecule has 0 radical (unpaired) electrons. The summed E-state index contributed by atoms with van der Waals surface area (Å²) in [4.78, 5) is 25.2. The van der Waals surface area contributed by atoms with Crippen molar-refractivity contribution in [2.24, 2.45) is 0 Å². The average Bonchev–Trinajstić information content (AvgIpc) is 2.70. The minimum atomic E-state index is -0.321. The Kier molecular flexibility index (Phi) is 7.69. The number of nitrogens with zero attached hydrogens (tertiary/aromatic N) is 1. The molecule has 1 heterocycles. The lowest BCUT2D eigenvalue weighted by atomic mass is 10.1. The Hall–Kier alpha value is -2.42. The second-order valence-electron chi connectivity index (χ2n) is 4.23. The van der Waals surface area contributed by atoms with Gasteiger partial charge in [-0.1, -0.05) is 59.1 Å². The van der Waals surface area contributed by atoms with Crippen LogP contribution in [0.2, 0.25) is 0 Å². The Bertz CT molecular complexity index is 535. The maximum Gasteiger partial charge on any atom is 0.266 e. The van der Waals surface area contributed by atoms with Crippen molar-refractivity contribution in [2.45, 2.75) is 27.7 Å². The molecule has 2 rings (SSSR count). The van der Waals surface area contributed by atoms with E-state index in [9.17, 15) is 9.59 Å². The van der Waals surface area contributed by atoms with Gasteiger partial charge in [-0.3, -0.25) is 9.59 Å². The molecule has 2 amide bonds. The molecule has 0 bridgehead atoms. The second kappa shape index (κ2) is 8.69. The SMILES string of the molecule is C.C=C/C=C(\C=C)N1C(=O)c2ccccc2C1=O.CCC. The monoisotopic (exact) mass is 285 g/mol. The number of imide groups is 1. The highest BCUT2D eigenvalue weighted by Crippen LogP contribution is 2.26. The molecule has 0 aromatic heterocycles. The molecule has 21 heavy (non-hydrogen) atoms. The van der Waals surface area contributed by atoms with Crippen molar-refractivity contribution in [3.63, 3.8) is 0 Å². The molecule has 0 unspecified atom stereocenters. The van der Waals surface area contributed by atoms with E-state index in [1.54, 1.807) is 30.3 Å². The molecular formula is C18H23NO2. The van der Waals surface area contributed by atoms with Gasteiger partial charge in [0.25, 0.3) is 11.8 Å². The maximum atomic E-state index is 12.1. The van der Waals surface area contributed by atoms with E-state index in [1.807, 2.05) is 0 Å². The predicted octanol–water partition coefficient (Wildman–Crippen LogP) is 4.59. The third kappa shape index (κ3) is 3.78. The number of amides is 2. The summed E-state index contributed by atoms with van der Waals surface area (Å²) in [5, 5.41) is 0. The zero-order chi connectivity index (χ0) is 15.1. The molecule has 1 aromatic rings. The Morgan fingerprint density at radius 1 is 1.10 bits per heavy atom. The standard InChI is InChI=1S/C14H11NO2.C3H8.CH4/c1-3-7-10(4-2)15-13(16)11-8-5-6-9-12(11)14(15)17;1-3-2;/h3-9H,1-2H2;3H2,1-2H3;1H4/b10-7+;;. The molecule has 1 aliphatic rings. The van der Waals surface area contributed by atoms with Gasteiger partial charge in [0.1, 0.15) is 0 Å². The van der Waals surface area contributed by atoms with Crippen molar-refractivity contribution in [3.05, 3.63) is 72.5 Å². The first-order chi connectivity index (χ1) is 9.62. The van der Waals surface area contributed by atoms with Gasteiger partial charge in [-0.2, -0.15) is 0 Å². The molecule has 0 saturated heterocycles. The Morgan fingerprint density at radius 3 is 1.86 bits per heavy atom. The van der Waals surface area contributed by atoms with E-state index < -0.39 is 0 Å². The summed E-state index contributed by atoms with van der Waals surface area (Å²) in [5.74, 6) is -0.641. The molecule has 0 spiro atoms. The lowest BCUT2D eigenvalue weighted by molar-refractivity contribution is 0.0709. The van der Waals surface area contributed by atoms with Crippen molar-refractivity contribution in [3.8, 4) is 0 Å². The van der Waals surface area contributed by atoms with Crippen LogP contribution >= 0.6 is 0 Å². The van der Waals surface area contributed by atoms with Crippen molar-refractivity contribution < 1.29 is 9.59 Å². The molecule has 0 N–H and O–H groups in total. The van der Waals surface area contributed by atoms with Gasteiger partial charge in [-0.15, -0.1) is 0 Å². The number of carbonyl (C=O) groups is 2. The lowest BCUT2D eigenvalue weighted by Crippen LogP contribution is -2.28. The highest BCUT2D eigenvalue weighted by Gasteiger charge is 2.36. The van der Waals surface area contributed by atoms with Gasteiger partial charge in [-0.05, 0) is 24.3 Å². The number of allylic oxidation sites excluding steroid dienone is 3. The average molecular weight is 285 g/mol. The molecule has 1 aromatic carbocycles. The van der Waals surface area contributed by atoms with Crippen LogP contribution in [0.5, 0.6) is 0 Å². The van der Waals surface area contributed by atoms with Crippen molar-refractivity contribution in [2.75, 3.05) is 0 Å². The van der Waals surface area contributed by atoms with Crippen LogP contribution in [0.25, 0.3) is 0 Å². The van der Waals surface area contributed by atoms with E-state index in [0.29, 0.717) is 16.8 Å². The zero-order valence-corrected chi connectivity index (χ0v) is 11.9. The minimum Gasteiger partial charge on any atom is -0.268 e. The quantitative estimate of drug-likeness (QED) is 0.601. The summed E-state index contributed by atoms with van der Waals surface area (Å²) in [6, 6.07) is 6.75. The van der Waals surface area contributed by atoms with Crippen LogP contribution in [-0.4, -0.2) is 16.7 Å². The first-order valence-electron chi connectivity index (χ1n) is 6.55. The largest absolute Gasteiger partial charge is 0.268 e. The summed E-state index contributed by atoms with van der Waals surface area (Å²) >= 11 is 0. The maximum absolute atomic E-state index is 12.1. The van der Waals surface area contributed by atoms with Crippen LogP contribution in [0.1, 0.15) is 48.4 Å². The van der Waals surface area contributed by atoms with Gasteiger partial charge >= 0.3 is 0 Å². The first kappa shape index (κ1) is 18.6. The molecule has 1 aliphatic heterocycles. The van der Waals surface area contributed by atoms with Gasteiger partial charge in [-0.25, -0.2) is 4.90 Å². The summed E-state index contributed by atoms with van der Waals surface area (Å²) < 4.78 is 0. The number of benzene rings is 1. The van der Waals surface area contributed by atoms with Gasteiger partial charge < -0.3 is 0 Å². The van der Waals surface area contributed by atoms with Crippen LogP contribution in [0.3, 0.4) is 0 Å². The number of carbonyl (C=O) groups excluding carboxylic acids is 2. The molecule has 0 atom stereocenters. The summed E-state index contributed by atoms with van der Waals surface area (Å²) in [6.45, 7) is 11.4. The van der Waals surface area contributed by atoms with Crippen molar-refractivity contribution in [1.29, 1.82) is 0 Å². The Labute approximate surface area is 127 Å². The third-order valence-corrected chi connectivity index (χ3v) is 2.55. The fourth-order valence-electron chi connectivity index (χ4n) is 1.78.